The highest BCUT2D eigenvalue weighted by Crippen LogP contribution is 2.22. The number of aromatic amines is 1. The number of amides is 1. The number of piperazine rings is 1. The van der Waals surface area contributed by atoms with Crippen LogP contribution in [0, 0.1) is 6.92 Å². The molecule has 8 heteroatoms. The van der Waals surface area contributed by atoms with Gasteiger partial charge < -0.3 is 9.80 Å². The number of carbonyl (C=O) groups excluding carboxylic acids is 1. The number of carbonyl (C=O) groups is 1. The predicted molar refractivity (Wildman–Crippen MR) is 86.5 cm³/mol. The molecule has 0 bridgehead atoms. The van der Waals surface area contributed by atoms with Crippen LogP contribution in [0.25, 0.3) is 0 Å². The fourth-order valence-corrected chi connectivity index (χ4v) is 2.75. The molecule has 0 saturated carbocycles. The first-order chi connectivity index (χ1) is 11.1. The van der Waals surface area contributed by atoms with Crippen molar-refractivity contribution in [2.75, 3.05) is 24.5 Å². The molecule has 2 aromatic rings. The minimum atomic E-state index is -0.454. The average molecular weight is 334 g/mol. The van der Waals surface area contributed by atoms with Crippen molar-refractivity contribution in [3.63, 3.8) is 0 Å². The maximum atomic E-state index is 12.4. The summed E-state index contributed by atoms with van der Waals surface area (Å²) >= 11 is 6.00. The largest absolute Gasteiger partial charge is 0.358 e. The number of rotatable bonds is 3. The molecular weight excluding hydrogens is 318 g/mol. The first-order valence-corrected chi connectivity index (χ1v) is 7.59. The summed E-state index contributed by atoms with van der Waals surface area (Å²) in [5.41, 5.74) is 2.17. The van der Waals surface area contributed by atoms with Crippen LogP contribution >= 0.6 is 11.6 Å². The monoisotopic (exact) mass is 333 g/mol. The van der Waals surface area contributed by atoms with Crippen LogP contribution in [-0.2, 0) is 11.3 Å². The Bertz CT molecular complexity index is 791. The average Bonchev–Trinajstić information content (AvgIpc) is 2.54. The quantitative estimate of drug-likeness (QED) is 0.905. The van der Waals surface area contributed by atoms with Gasteiger partial charge in [-0.2, -0.15) is 5.10 Å². The van der Waals surface area contributed by atoms with E-state index in [1.54, 1.807) is 22.2 Å². The first kappa shape index (κ1) is 15.5. The Morgan fingerprint density at radius 2 is 2.13 bits per heavy atom. The first-order valence-electron chi connectivity index (χ1n) is 7.21. The summed E-state index contributed by atoms with van der Waals surface area (Å²) < 4.78 is 0. The standard InChI is InChI=1S/C15H16ClN5O2/c1-10-2-3-17-6-11(10)8-21-5-4-20(9-13(21)22)12-7-18-19-15(23)14(12)16/h2-3,6-7H,4-5,8-9H2,1H3,(H,19,23). The van der Waals surface area contributed by atoms with Crippen LogP contribution in [0.4, 0.5) is 5.69 Å². The van der Waals surface area contributed by atoms with Gasteiger partial charge in [-0.25, -0.2) is 5.10 Å². The summed E-state index contributed by atoms with van der Waals surface area (Å²) in [5, 5.41) is 6.08. The predicted octanol–water partition coefficient (Wildman–Crippen LogP) is 0.976. The van der Waals surface area contributed by atoms with Crippen LogP contribution in [0.1, 0.15) is 11.1 Å². The second kappa shape index (κ2) is 6.37. The molecule has 120 valence electrons. The molecule has 1 N–H and O–H groups in total. The number of aromatic nitrogens is 3. The van der Waals surface area contributed by atoms with Crippen LogP contribution in [0.15, 0.2) is 29.5 Å². The molecule has 7 nitrogen and oxygen atoms in total. The molecular formula is C15H16ClN5O2. The van der Waals surface area contributed by atoms with E-state index in [1.807, 2.05) is 13.0 Å². The minimum Gasteiger partial charge on any atom is -0.358 e. The number of hydrogen-bond acceptors (Lipinski definition) is 5. The lowest BCUT2D eigenvalue weighted by Gasteiger charge is -2.35. The number of nitrogens with one attached hydrogen (secondary N) is 1. The Kier molecular flexibility index (Phi) is 4.29. The summed E-state index contributed by atoms with van der Waals surface area (Å²) in [6.45, 7) is 3.85. The molecule has 0 radical (unpaired) electrons. The third-order valence-corrected chi connectivity index (χ3v) is 4.31. The van der Waals surface area contributed by atoms with E-state index in [9.17, 15) is 9.59 Å². The normalized spacial score (nSPS) is 15.1. The minimum absolute atomic E-state index is 0.0177. The molecule has 0 spiro atoms. The van der Waals surface area contributed by atoms with Gasteiger partial charge in [0.15, 0.2) is 0 Å². The van der Waals surface area contributed by atoms with Crippen molar-refractivity contribution in [3.05, 3.63) is 51.2 Å². The van der Waals surface area contributed by atoms with Gasteiger partial charge in [-0.1, -0.05) is 11.6 Å². The Morgan fingerprint density at radius 3 is 2.87 bits per heavy atom. The summed E-state index contributed by atoms with van der Waals surface area (Å²) in [5.74, 6) is -0.0177. The lowest BCUT2D eigenvalue weighted by atomic mass is 10.1. The van der Waals surface area contributed by atoms with Crippen LogP contribution in [0.5, 0.6) is 0 Å². The lowest BCUT2D eigenvalue weighted by Crippen LogP contribution is -2.50. The summed E-state index contributed by atoms with van der Waals surface area (Å²) in [6.07, 6.45) is 4.99. The topological polar surface area (TPSA) is 82.2 Å². The third kappa shape index (κ3) is 3.19. The van der Waals surface area contributed by atoms with Gasteiger partial charge in [-0.3, -0.25) is 14.6 Å². The smallest absolute Gasteiger partial charge is 0.285 e. The van der Waals surface area contributed by atoms with Gasteiger partial charge in [0, 0.05) is 32.0 Å². The number of hydrogen-bond donors (Lipinski definition) is 1. The highest BCUT2D eigenvalue weighted by molar-refractivity contribution is 6.33. The lowest BCUT2D eigenvalue weighted by molar-refractivity contribution is -0.131. The molecule has 1 amide bonds. The van der Waals surface area contributed by atoms with E-state index < -0.39 is 5.56 Å². The van der Waals surface area contributed by atoms with E-state index in [0.29, 0.717) is 25.3 Å². The molecule has 0 unspecified atom stereocenters. The Labute approximate surface area is 137 Å². The van der Waals surface area contributed by atoms with Crippen molar-refractivity contribution in [2.24, 2.45) is 0 Å². The van der Waals surface area contributed by atoms with Gasteiger partial charge in [-0.05, 0) is 24.1 Å². The second-order valence-electron chi connectivity index (χ2n) is 5.44. The number of pyridine rings is 1. The number of aryl methyl sites for hydroxylation is 1. The highest BCUT2D eigenvalue weighted by Gasteiger charge is 2.26. The molecule has 0 aliphatic carbocycles. The van der Waals surface area contributed by atoms with Crippen LogP contribution in [-0.4, -0.2) is 45.6 Å². The van der Waals surface area contributed by atoms with Gasteiger partial charge in [0.2, 0.25) is 5.91 Å². The van der Waals surface area contributed by atoms with Gasteiger partial charge in [0.1, 0.15) is 5.02 Å². The van der Waals surface area contributed by atoms with E-state index in [2.05, 4.69) is 15.2 Å². The van der Waals surface area contributed by atoms with Crippen molar-refractivity contribution < 1.29 is 4.79 Å². The van der Waals surface area contributed by atoms with Crippen LogP contribution < -0.4 is 10.5 Å². The fraction of sp³-hybridized carbons (Fsp3) is 0.333. The molecule has 1 saturated heterocycles. The second-order valence-corrected chi connectivity index (χ2v) is 5.82. The maximum absolute atomic E-state index is 12.4. The number of nitrogens with zero attached hydrogens (tertiary/aromatic N) is 4. The molecule has 23 heavy (non-hydrogen) atoms. The highest BCUT2D eigenvalue weighted by atomic mass is 35.5. The summed E-state index contributed by atoms with van der Waals surface area (Å²) in [6, 6.07) is 1.93. The van der Waals surface area contributed by atoms with Gasteiger partial charge in [-0.15, -0.1) is 0 Å². The van der Waals surface area contributed by atoms with Crippen LogP contribution in [0.3, 0.4) is 0 Å². The van der Waals surface area contributed by atoms with E-state index in [1.165, 1.54) is 6.20 Å². The van der Waals surface area contributed by atoms with Gasteiger partial charge in [0.05, 0.1) is 18.4 Å². The third-order valence-electron chi connectivity index (χ3n) is 3.95. The zero-order valence-electron chi connectivity index (χ0n) is 12.6. The molecule has 3 rings (SSSR count). The molecule has 2 aromatic heterocycles. The molecule has 1 aliphatic heterocycles. The molecule has 3 heterocycles. The molecule has 1 fully saturated rings. The van der Waals surface area contributed by atoms with Crippen LogP contribution in [0.2, 0.25) is 5.02 Å². The van der Waals surface area contributed by atoms with E-state index in [0.717, 1.165) is 11.1 Å². The van der Waals surface area contributed by atoms with Crippen molar-refractivity contribution >= 4 is 23.2 Å². The van der Waals surface area contributed by atoms with E-state index in [4.69, 9.17) is 11.6 Å². The Morgan fingerprint density at radius 1 is 1.30 bits per heavy atom. The fourth-order valence-electron chi connectivity index (χ4n) is 2.54. The number of H-pyrrole nitrogens is 1. The Hall–Kier alpha value is -2.41. The van der Waals surface area contributed by atoms with Crippen molar-refractivity contribution in [2.45, 2.75) is 13.5 Å². The van der Waals surface area contributed by atoms with E-state index in [-0.39, 0.29) is 17.5 Å². The van der Waals surface area contributed by atoms with Crippen molar-refractivity contribution in [1.29, 1.82) is 0 Å². The molecule has 0 aromatic carbocycles. The Balaban J connectivity index is 1.73. The molecule has 1 aliphatic rings. The zero-order valence-corrected chi connectivity index (χ0v) is 13.4. The van der Waals surface area contributed by atoms with Crippen molar-refractivity contribution in [1.82, 2.24) is 20.1 Å². The zero-order chi connectivity index (χ0) is 16.4. The number of halogens is 1. The summed E-state index contributed by atoms with van der Waals surface area (Å²) in [7, 11) is 0. The van der Waals surface area contributed by atoms with Crippen molar-refractivity contribution in [3.8, 4) is 0 Å². The molecule has 0 atom stereocenters. The SMILES string of the molecule is Cc1ccncc1CN1CCN(c2cn[nH]c(=O)c2Cl)CC1=O. The maximum Gasteiger partial charge on any atom is 0.285 e. The number of anilines is 1. The van der Waals surface area contributed by atoms with Gasteiger partial charge >= 0.3 is 0 Å². The summed E-state index contributed by atoms with van der Waals surface area (Å²) in [4.78, 5) is 31.6. The van der Waals surface area contributed by atoms with Gasteiger partial charge in [0.25, 0.3) is 5.56 Å². The van der Waals surface area contributed by atoms with E-state index >= 15 is 0 Å².